The van der Waals surface area contributed by atoms with Gasteiger partial charge in [0.25, 0.3) is 5.91 Å². The van der Waals surface area contributed by atoms with Crippen molar-refractivity contribution >= 4 is 35.0 Å². The molecule has 0 bridgehead atoms. The van der Waals surface area contributed by atoms with Gasteiger partial charge in [-0.2, -0.15) is 13.2 Å². The summed E-state index contributed by atoms with van der Waals surface area (Å²) in [6.07, 6.45) is -3.78. The van der Waals surface area contributed by atoms with E-state index in [1.54, 1.807) is 43.3 Å². The maximum Gasteiger partial charge on any atom is 0.389 e. The maximum atomic E-state index is 13.5. The van der Waals surface area contributed by atoms with Gasteiger partial charge in [0.05, 0.1) is 30.3 Å². The number of nitrogens with one attached hydrogen (secondary N) is 2. The van der Waals surface area contributed by atoms with Gasteiger partial charge in [0.15, 0.2) is 0 Å². The minimum Gasteiger partial charge on any atom is -0.495 e. The van der Waals surface area contributed by atoms with Crippen molar-refractivity contribution in [3.8, 4) is 5.75 Å². The van der Waals surface area contributed by atoms with Crippen molar-refractivity contribution in [1.29, 1.82) is 0 Å². The summed E-state index contributed by atoms with van der Waals surface area (Å²) in [7, 11) is 1.48. The molecule has 1 atom stereocenters. The van der Waals surface area contributed by atoms with Crippen LogP contribution < -0.4 is 15.4 Å². The standard InChI is InChI=1S/C24H22ClF3N4O2S/c1-14-18(22(33)32-16-9-4-5-10-17(16)34-3)19(15-8-6-12-30-21(15)25)20(29-2)23(31-14)35-13-7-11-24(26,27)28/h4-6,8-10,12,19,31H,7,11,13H2,1,3H3,(H,32,33). The van der Waals surface area contributed by atoms with E-state index in [9.17, 15) is 18.0 Å². The highest BCUT2D eigenvalue weighted by molar-refractivity contribution is 8.03. The molecular formula is C24H22ClF3N4O2S. The third kappa shape index (κ3) is 6.50. The molecular weight excluding hydrogens is 501 g/mol. The Morgan fingerprint density at radius 1 is 1.31 bits per heavy atom. The van der Waals surface area contributed by atoms with E-state index < -0.39 is 24.4 Å². The van der Waals surface area contributed by atoms with Gasteiger partial charge in [-0.05, 0) is 42.9 Å². The first-order valence-corrected chi connectivity index (χ1v) is 11.9. The number of alkyl halides is 3. The largest absolute Gasteiger partial charge is 0.495 e. The van der Waals surface area contributed by atoms with Crippen molar-refractivity contribution in [1.82, 2.24) is 10.3 Å². The van der Waals surface area contributed by atoms with Crippen LogP contribution in [0, 0.1) is 6.57 Å². The van der Waals surface area contributed by atoms with E-state index in [-0.39, 0.29) is 28.6 Å². The number of ether oxygens (including phenoxy) is 1. The van der Waals surface area contributed by atoms with Crippen molar-refractivity contribution in [3.63, 3.8) is 0 Å². The molecule has 184 valence electrons. The number of methoxy groups -OCH3 is 1. The number of anilines is 1. The molecule has 1 amide bonds. The van der Waals surface area contributed by atoms with E-state index in [0.29, 0.717) is 27.7 Å². The quantitative estimate of drug-likeness (QED) is 0.235. The fourth-order valence-electron chi connectivity index (χ4n) is 3.61. The number of aromatic nitrogens is 1. The third-order valence-corrected chi connectivity index (χ3v) is 6.58. The lowest BCUT2D eigenvalue weighted by molar-refractivity contribution is -0.134. The van der Waals surface area contributed by atoms with Crippen molar-refractivity contribution < 1.29 is 22.7 Å². The number of rotatable bonds is 8. The lowest BCUT2D eigenvalue weighted by Gasteiger charge is -2.30. The number of para-hydroxylation sites is 2. The molecule has 1 unspecified atom stereocenters. The average Bonchev–Trinajstić information content (AvgIpc) is 2.81. The summed E-state index contributed by atoms with van der Waals surface area (Å²) in [5, 5.41) is 6.39. The molecule has 0 saturated carbocycles. The molecule has 0 saturated heterocycles. The number of amides is 1. The Balaban J connectivity index is 1.99. The normalized spacial score (nSPS) is 16.0. The summed E-state index contributed by atoms with van der Waals surface area (Å²) in [5.41, 5.74) is 1.74. The second-order valence-corrected chi connectivity index (χ2v) is 8.99. The number of halogens is 4. The van der Waals surface area contributed by atoms with Crippen LogP contribution >= 0.6 is 23.4 Å². The number of hydrogen-bond donors (Lipinski definition) is 2. The highest BCUT2D eigenvalue weighted by Gasteiger charge is 2.37. The van der Waals surface area contributed by atoms with E-state index in [2.05, 4.69) is 20.5 Å². The molecule has 1 aliphatic heterocycles. The SMILES string of the molecule is [C-]#[N+]C1=C(SCCCC(F)(F)F)NC(C)=C(C(=O)Nc2ccccc2OC)C1c1cccnc1Cl. The van der Waals surface area contributed by atoms with E-state index in [1.807, 2.05) is 0 Å². The molecule has 0 spiro atoms. The predicted molar refractivity (Wildman–Crippen MR) is 131 cm³/mol. The van der Waals surface area contributed by atoms with Crippen molar-refractivity contribution in [2.45, 2.75) is 31.9 Å². The van der Waals surface area contributed by atoms with Crippen LogP contribution in [0.15, 0.2) is 64.6 Å². The first-order valence-electron chi connectivity index (χ1n) is 10.5. The van der Waals surface area contributed by atoms with Gasteiger partial charge in [-0.3, -0.25) is 4.79 Å². The van der Waals surface area contributed by atoms with Crippen LogP contribution in [0.3, 0.4) is 0 Å². The monoisotopic (exact) mass is 522 g/mol. The number of carbonyl (C=O) groups excluding carboxylic acids is 1. The first kappa shape index (κ1) is 26.4. The summed E-state index contributed by atoms with van der Waals surface area (Å²) < 4.78 is 43.0. The first-order chi connectivity index (χ1) is 16.7. The number of thioether (sulfide) groups is 1. The molecule has 1 aliphatic rings. The molecule has 2 heterocycles. The Kier molecular flexibility index (Phi) is 8.70. The zero-order valence-corrected chi connectivity index (χ0v) is 20.4. The average molecular weight is 523 g/mol. The minimum absolute atomic E-state index is 0.104. The number of allylic oxidation sites excluding steroid dienone is 2. The Morgan fingerprint density at radius 3 is 2.71 bits per heavy atom. The fraction of sp³-hybridized carbons (Fsp3) is 0.292. The second-order valence-electron chi connectivity index (χ2n) is 7.53. The van der Waals surface area contributed by atoms with Crippen molar-refractivity contribution in [2.75, 3.05) is 18.2 Å². The third-order valence-electron chi connectivity index (χ3n) is 5.17. The maximum absolute atomic E-state index is 13.5. The molecule has 6 nitrogen and oxygen atoms in total. The van der Waals surface area contributed by atoms with Crippen LogP contribution in [0.4, 0.5) is 18.9 Å². The summed E-state index contributed by atoms with van der Waals surface area (Å²) >= 11 is 7.47. The topological polar surface area (TPSA) is 67.6 Å². The Bertz CT molecular complexity index is 1210. The van der Waals surface area contributed by atoms with Gasteiger partial charge >= 0.3 is 6.18 Å². The Labute approximate surface area is 210 Å². The highest BCUT2D eigenvalue weighted by atomic mass is 35.5. The highest BCUT2D eigenvalue weighted by Crippen LogP contribution is 2.44. The van der Waals surface area contributed by atoms with Crippen LogP contribution in [0.5, 0.6) is 5.75 Å². The fourth-order valence-corrected chi connectivity index (χ4v) is 4.87. The van der Waals surface area contributed by atoms with Gasteiger partial charge in [0, 0.05) is 23.9 Å². The van der Waals surface area contributed by atoms with Crippen LogP contribution in [0.25, 0.3) is 4.85 Å². The molecule has 2 N–H and O–H groups in total. The van der Waals surface area contributed by atoms with Crippen LogP contribution in [0.2, 0.25) is 5.15 Å². The number of nitrogens with zero attached hydrogens (tertiary/aromatic N) is 2. The van der Waals surface area contributed by atoms with Crippen LogP contribution in [-0.4, -0.2) is 29.9 Å². The molecule has 35 heavy (non-hydrogen) atoms. The summed E-state index contributed by atoms with van der Waals surface area (Å²) in [6.45, 7) is 9.51. The van der Waals surface area contributed by atoms with E-state index >= 15 is 0 Å². The molecule has 0 fully saturated rings. The second kappa shape index (κ2) is 11.5. The number of hydrogen-bond acceptors (Lipinski definition) is 5. The lowest BCUT2D eigenvalue weighted by atomic mass is 9.85. The van der Waals surface area contributed by atoms with Crippen molar-refractivity contribution in [2.24, 2.45) is 0 Å². The molecule has 0 radical (unpaired) electrons. The smallest absolute Gasteiger partial charge is 0.389 e. The van der Waals surface area contributed by atoms with E-state index in [4.69, 9.17) is 22.9 Å². The van der Waals surface area contributed by atoms with Gasteiger partial charge in [-0.1, -0.05) is 29.8 Å². The molecule has 11 heteroatoms. The summed E-state index contributed by atoms with van der Waals surface area (Å²) in [4.78, 5) is 21.3. The minimum atomic E-state index is -4.25. The summed E-state index contributed by atoms with van der Waals surface area (Å²) in [6, 6.07) is 10.2. The predicted octanol–water partition coefficient (Wildman–Crippen LogP) is 6.51. The number of carbonyl (C=O) groups is 1. The number of dihydropyridines is 1. The van der Waals surface area contributed by atoms with Gasteiger partial charge in [-0.25, -0.2) is 9.83 Å². The molecule has 1 aromatic heterocycles. The zero-order chi connectivity index (χ0) is 25.6. The van der Waals surface area contributed by atoms with E-state index in [1.165, 1.54) is 13.3 Å². The van der Waals surface area contributed by atoms with Crippen LogP contribution in [-0.2, 0) is 4.79 Å². The van der Waals surface area contributed by atoms with Crippen LogP contribution in [0.1, 0.15) is 31.2 Å². The van der Waals surface area contributed by atoms with Crippen molar-refractivity contribution in [3.05, 3.63) is 86.7 Å². The number of benzene rings is 1. The molecule has 3 rings (SSSR count). The summed E-state index contributed by atoms with van der Waals surface area (Å²) in [5.74, 6) is -0.744. The van der Waals surface area contributed by atoms with E-state index in [0.717, 1.165) is 11.8 Å². The van der Waals surface area contributed by atoms with Gasteiger partial charge < -0.3 is 15.4 Å². The Hall–Kier alpha value is -3.16. The Morgan fingerprint density at radius 2 is 2.06 bits per heavy atom. The number of pyridine rings is 1. The zero-order valence-electron chi connectivity index (χ0n) is 18.9. The molecule has 1 aromatic carbocycles. The van der Waals surface area contributed by atoms with Gasteiger partial charge in [-0.15, -0.1) is 11.8 Å². The molecule has 0 aliphatic carbocycles. The molecule has 2 aromatic rings. The van der Waals surface area contributed by atoms with Gasteiger partial charge in [0.2, 0.25) is 5.70 Å². The lowest BCUT2D eigenvalue weighted by Crippen LogP contribution is -2.30. The van der Waals surface area contributed by atoms with Gasteiger partial charge in [0.1, 0.15) is 10.9 Å².